The van der Waals surface area contributed by atoms with Gasteiger partial charge < -0.3 is 0 Å². The van der Waals surface area contributed by atoms with E-state index in [0.717, 1.165) is 6.92 Å². The number of hydrogen-bond acceptors (Lipinski definition) is 0. The molecule has 0 unspecified atom stereocenters. The van der Waals surface area contributed by atoms with Crippen LogP contribution in [0, 0.1) is 59.3 Å². The van der Waals surface area contributed by atoms with Gasteiger partial charge in [0.2, 0.25) is 0 Å². The summed E-state index contributed by atoms with van der Waals surface area (Å²) in [5.41, 5.74) is -4.26. The average molecular weight is 418 g/mol. The minimum Gasteiger partial charge on any atom is -0.207 e. The molecule has 0 nitrogen and oxygen atoms in total. The standard InChI is InChI=1S/C19H8BF9/c1-7-2-12(23)15(19(29)16(7)26)20(10-3-8(21)5-13(24)17(10)27)11-4-9(22)6-14(25)18(11)28/h2-6H,1H3. The van der Waals surface area contributed by atoms with Crippen LogP contribution >= 0.6 is 0 Å². The summed E-state index contributed by atoms with van der Waals surface area (Å²) >= 11 is 0. The van der Waals surface area contributed by atoms with Gasteiger partial charge in [-0.2, -0.15) is 0 Å². The van der Waals surface area contributed by atoms with Crippen LogP contribution in [0.5, 0.6) is 0 Å². The first-order chi connectivity index (χ1) is 13.5. The van der Waals surface area contributed by atoms with Gasteiger partial charge in [0.05, 0.1) is 0 Å². The Morgan fingerprint density at radius 2 is 0.966 bits per heavy atom. The van der Waals surface area contributed by atoms with Crippen LogP contribution in [0.2, 0.25) is 0 Å². The Balaban J connectivity index is 2.48. The highest BCUT2D eigenvalue weighted by atomic mass is 19.2. The molecule has 10 heteroatoms. The molecular formula is C19H8BF9. The monoisotopic (exact) mass is 418 g/mol. The minimum absolute atomic E-state index is 0.0981. The van der Waals surface area contributed by atoms with E-state index >= 15 is 0 Å². The normalized spacial score (nSPS) is 11.1. The summed E-state index contributed by atoms with van der Waals surface area (Å²) in [5, 5.41) is 0. The van der Waals surface area contributed by atoms with Crippen molar-refractivity contribution in [3.63, 3.8) is 0 Å². The maximum Gasteiger partial charge on any atom is 0.257 e. The molecule has 3 aromatic rings. The summed E-state index contributed by atoms with van der Waals surface area (Å²) in [4.78, 5) is 0. The van der Waals surface area contributed by atoms with Gasteiger partial charge in [-0.25, -0.2) is 39.5 Å². The SMILES string of the molecule is Cc1cc(F)c(B(c2cc(F)cc(F)c2F)c2cc(F)cc(F)c2F)c(F)c1F. The molecule has 0 aliphatic heterocycles. The van der Waals surface area contributed by atoms with E-state index in [1.54, 1.807) is 0 Å². The van der Waals surface area contributed by atoms with E-state index in [1.165, 1.54) is 0 Å². The number of aryl methyl sites for hydroxylation is 1. The van der Waals surface area contributed by atoms with Crippen LogP contribution in [0.4, 0.5) is 39.5 Å². The van der Waals surface area contributed by atoms with E-state index in [4.69, 9.17) is 0 Å². The van der Waals surface area contributed by atoms with E-state index in [9.17, 15) is 39.5 Å². The van der Waals surface area contributed by atoms with Crippen molar-refractivity contribution in [1.29, 1.82) is 0 Å². The van der Waals surface area contributed by atoms with E-state index in [0.29, 0.717) is 6.07 Å². The fourth-order valence-corrected chi connectivity index (χ4v) is 3.04. The molecule has 0 aliphatic carbocycles. The first-order valence-electron chi connectivity index (χ1n) is 7.95. The Kier molecular flexibility index (Phi) is 5.38. The molecule has 0 spiro atoms. The van der Waals surface area contributed by atoms with Gasteiger partial charge in [0, 0.05) is 17.6 Å². The molecule has 0 fully saturated rings. The highest BCUT2D eigenvalue weighted by Crippen LogP contribution is 2.16. The average Bonchev–Trinajstić information content (AvgIpc) is 2.63. The van der Waals surface area contributed by atoms with Crippen LogP contribution in [0.3, 0.4) is 0 Å². The lowest BCUT2D eigenvalue weighted by Crippen LogP contribution is -2.57. The lowest BCUT2D eigenvalue weighted by Gasteiger charge is -2.20. The van der Waals surface area contributed by atoms with Gasteiger partial charge in [-0.3, -0.25) is 0 Å². The largest absolute Gasteiger partial charge is 0.257 e. The molecule has 29 heavy (non-hydrogen) atoms. The molecule has 0 bridgehead atoms. The van der Waals surface area contributed by atoms with Gasteiger partial charge in [0.25, 0.3) is 6.71 Å². The second kappa shape index (κ2) is 7.49. The van der Waals surface area contributed by atoms with Crippen molar-refractivity contribution >= 4 is 23.1 Å². The highest BCUT2D eigenvalue weighted by molar-refractivity contribution is 6.95. The summed E-state index contributed by atoms with van der Waals surface area (Å²) in [6, 6.07) is 1.20. The van der Waals surface area contributed by atoms with Crippen LogP contribution in [0.15, 0.2) is 30.3 Å². The third kappa shape index (κ3) is 3.59. The summed E-state index contributed by atoms with van der Waals surface area (Å²) in [6.45, 7) is -1.45. The predicted molar refractivity (Wildman–Crippen MR) is 88.3 cm³/mol. The molecule has 0 amide bonds. The molecule has 0 aliphatic rings. The summed E-state index contributed by atoms with van der Waals surface area (Å²) in [7, 11) is 0. The highest BCUT2D eigenvalue weighted by Gasteiger charge is 2.36. The van der Waals surface area contributed by atoms with E-state index in [1.807, 2.05) is 0 Å². The van der Waals surface area contributed by atoms with Crippen molar-refractivity contribution in [2.45, 2.75) is 6.92 Å². The zero-order valence-electron chi connectivity index (χ0n) is 14.4. The maximum absolute atomic E-state index is 14.6. The van der Waals surface area contributed by atoms with Crippen LogP contribution in [0.1, 0.15) is 5.56 Å². The molecule has 3 rings (SSSR count). The van der Waals surface area contributed by atoms with Gasteiger partial charge in [0.15, 0.2) is 34.9 Å². The van der Waals surface area contributed by atoms with Crippen molar-refractivity contribution in [1.82, 2.24) is 0 Å². The molecule has 3 aromatic carbocycles. The first-order valence-corrected chi connectivity index (χ1v) is 7.95. The van der Waals surface area contributed by atoms with Crippen LogP contribution in [-0.2, 0) is 0 Å². The molecular weight excluding hydrogens is 410 g/mol. The van der Waals surface area contributed by atoms with Crippen molar-refractivity contribution in [2.24, 2.45) is 0 Å². The molecule has 0 radical (unpaired) electrons. The molecule has 0 saturated carbocycles. The van der Waals surface area contributed by atoms with E-state index in [2.05, 4.69) is 0 Å². The number of benzene rings is 3. The summed E-state index contributed by atoms with van der Waals surface area (Å²) in [6.07, 6.45) is 0. The van der Waals surface area contributed by atoms with Crippen molar-refractivity contribution in [2.75, 3.05) is 0 Å². The third-order valence-corrected chi connectivity index (χ3v) is 4.33. The van der Waals surface area contributed by atoms with Crippen molar-refractivity contribution in [3.8, 4) is 0 Å². The second-order valence-electron chi connectivity index (χ2n) is 6.23. The van der Waals surface area contributed by atoms with E-state index in [-0.39, 0.29) is 24.3 Å². The lowest BCUT2D eigenvalue weighted by atomic mass is 9.36. The van der Waals surface area contributed by atoms with Gasteiger partial charge in [-0.05, 0) is 41.6 Å². The van der Waals surface area contributed by atoms with Gasteiger partial charge in [-0.15, -0.1) is 0 Å². The zero-order chi connectivity index (χ0) is 21.6. The molecule has 0 saturated heterocycles. The second-order valence-corrected chi connectivity index (χ2v) is 6.23. The topological polar surface area (TPSA) is 0 Å². The smallest absolute Gasteiger partial charge is 0.207 e. The predicted octanol–water partition coefficient (Wildman–Crippen LogP) is 3.76. The van der Waals surface area contributed by atoms with Gasteiger partial charge >= 0.3 is 0 Å². The number of hydrogen-bond donors (Lipinski definition) is 0. The molecule has 0 N–H and O–H groups in total. The fourth-order valence-electron chi connectivity index (χ4n) is 3.04. The Morgan fingerprint density at radius 3 is 1.41 bits per heavy atom. The van der Waals surface area contributed by atoms with Gasteiger partial charge in [0.1, 0.15) is 17.5 Å². The fraction of sp³-hybridized carbons (Fsp3) is 0.0526. The lowest BCUT2D eigenvalue weighted by molar-refractivity contribution is 0.494. The van der Waals surface area contributed by atoms with Crippen LogP contribution in [-0.4, -0.2) is 6.71 Å². The van der Waals surface area contributed by atoms with Gasteiger partial charge in [-0.1, -0.05) is 0 Å². The Morgan fingerprint density at radius 1 is 0.517 bits per heavy atom. The summed E-state index contributed by atoms with van der Waals surface area (Å²) in [5.74, 6) is -15.3. The van der Waals surface area contributed by atoms with Crippen LogP contribution in [0.25, 0.3) is 0 Å². The molecule has 150 valence electrons. The quantitative estimate of drug-likeness (QED) is 0.346. The van der Waals surface area contributed by atoms with E-state index < -0.39 is 81.0 Å². The number of halogens is 9. The molecule has 0 atom stereocenters. The minimum atomic E-state index is -2.44. The third-order valence-electron chi connectivity index (χ3n) is 4.33. The Labute approximate surface area is 158 Å². The summed E-state index contributed by atoms with van der Waals surface area (Å²) < 4.78 is 127. The Bertz CT molecular complexity index is 1070. The first kappa shape index (κ1) is 20.8. The molecule has 0 aromatic heterocycles. The maximum atomic E-state index is 14.6. The van der Waals surface area contributed by atoms with Crippen molar-refractivity contribution < 1.29 is 39.5 Å². The Hall–Kier alpha value is -2.91. The van der Waals surface area contributed by atoms with Crippen LogP contribution < -0.4 is 16.4 Å². The van der Waals surface area contributed by atoms with Crippen molar-refractivity contribution in [3.05, 3.63) is 88.3 Å². The number of rotatable bonds is 3. The molecule has 0 heterocycles. The zero-order valence-corrected chi connectivity index (χ0v) is 14.4.